The van der Waals surface area contributed by atoms with Crippen molar-refractivity contribution in [2.24, 2.45) is 28.1 Å². The highest BCUT2D eigenvalue weighted by Gasteiger charge is 2.86. The molecule has 2 saturated carbocycles. The maximum Gasteiger partial charge on any atom is 0.346 e. The molecular formula is C27H32O10. The topological polar surface area (TPSA) is 146 Å². The third kappa shape index (κ3) is 2.62. The van der Waals surface area contributed by atoms with Crippen LogP contribution in [0.5, 0.6) is 0 Å². The van der Waals surface area contributed by atoms with Gasteiger partial charge in [0.05, 0.1) is 42.6 Å². The fourth-order valence-corrected chi connectivity index (χ4v) is 8.75. The van der Waals surface area contributed by atoms with E-state index in [0.717, 1.165) is 7.11 Å². The zero-order chi connectivity index (χ0) is 27.4. The number of carbonyl (C=O) groups excluding carboxylic acids is 5. The molecule has 200 valence electrons. The van der Waals surface area contributed by atoms with E-state index in [1.54, 1.807) is 27.7 Å². The first-order valence-electron chi connectivity index (χ1n) is 12.4. The van der Waals surface area contributed by atoms with Crippen LogP contribution in [-0.4, -0.2) is 58.5 Å². The number of cyclic esters (lactones) is 1. The summed E-state index contributed by atoms with van der Waals surface area (Å²) in [6.07, 6.45) is 2.22. The Morgan fingerprint density at radius 1 is 1.03 bits per heavy atom. The van der Waals surface area contributed by atoms with Crippen LogP contribution in [0.1, 0.15) is 70.7 Å². The SMILES string of the molecule is COC(=O)[C@@]1(O)C(=O)[C@]2(C)[C@H](CC[C@@]1(C)C(=O)c1ccoc1)[C@]1(C)OC(=O)C[C@]13[C@H]2CC(=O)OC3(C)C. The monoisotopic (exact) mass is 516 g/mol. The average molecular weight is 517 g/mol. The highest BCUT2D eigenvalue weighted by molar-refractivity contribution is 6.17. The van der Waals surface area contributed by atoms with Crippen molar-refractivity contribution in [3.63, 3.8) is 0 Å². The molecule has 7 atom stereocenters. The predicted molar refractivity (Wildman–Crippen MR) is 124 cm³/mol. The van der Waals surface area contributed by atoms with Crippen LogP contribution in [-0.2, 0) is 33.4 Å². The molecule has 1 spiro atoms. The average Bonchev–Trinajstić information content (AvgIpc) is 3.47. The summed E-state index contributed by atoms with van der Waals surface area (Å²) in [5.41, 5.74) is -9.83. The van der Waals surface area contributed by atoms with Crippen molar-refractivity contribution >= 4 is 29.5 Å². The Morgan fingerprint density at radius 3 is 2.30 bits per heavy atom. The maximum absolute atomic E-state index is 14.8. The van der Waals surface area contributed by atoms with E-state index in [4.69, 9.17) is 18.6 Å². The number of furan rings is 1. The number of ether oxygens (including phenoxy) is 3. The van der Waals surface area contributed by atoms with Gasteiger partial charge in [-0.3, -0.25) is 19.2 Å². The van der Waals surface area contributed by atoms with Gasteiger partial charge < -0.3 is 23.7 Å². The van der Waals surface area contributed by atoms with E-state index in [-0.39, 0.29) is 31.2 Å². The van der Waals surface area contributed by atoms with Gasteiger partial charge in [0.1, 0.15) is 17.5 Å². The van der Waals surface area contributed by atoms with Crippen molar-refractivity contribution in [3.05, 3.63) is 24.2 Å². The number of ketones is 2. The van der Waals surface area contributed by atoms with Gasteiger partial charge in [-0.05, 0) is 52.5 Å². The number of Topliss-reactive ketones (excluding diaryl/α,β-unsaturated/α-hetero) is 2. The van der Waals surface area contributed by atoms with Crippen molar-refractivity contribution in [1.29, 1.82) is 0 Å². The van der Waals surface area contributed by atoms with Crippen molar-refractivity contribution in [1.82, 2.24) is 0 Å². The molecule has 10 heteroatoms. The molecule has 0 unspecified atom stereocenters. The van der Waals surface area contributed by atoms with Gasteiger partial charge in [-0.1, -0.05) is 6.92 Å². The molecule has 3 heterocycles. The molecule has 37 heavy (non-hydrogen) atoms. The van der Waals surface area contributed by atoms with Gasteiger partial charge in [-0.15, -0.1) is 0 Å². The molecule has 1 aromatic rings. The van der Waals surface area contributed by atoms with Crippen LogP contribution >= 0.6 is 0 Å². The highest BCUT2D eigenvalue weighted by atomic mass is 16.6. The fraction of sp³-hybridized carbons (Fsp3) is 0.667. The van der Waals surface area contributed by atoms with Crippen LogP contribution < -0.4 is 0 Å². The summed E-state index contributed by atoms with van der Waals surface area (Å²) in [6, 6.07) is 1.40. The van der Waals surface area contributed by atoms with Crippen molar-refractivity contribution in [2.45, 2.75) is 77.1 Å². The summed E-state index contributed by atoms with van der Waals surface area (Å²) in [4.78, 5) is 67.6. The van der Waals surface area contributed by atoms with Gasteiger partial charge >= 0.3 is 17.9 Å². The second-order valence-corrected chi connectivity index (χ2v) is 12.0. The zero-order valence-corrected chi connectivity index (χ0v) is 21.8. The van der Waals surface area contributed by atoms with Crippen LogP contribution in [0.2, 0.25) is 0 Å². The molecule has 2 aliphatic heterocycles. The molecule has 2 aliphatic carbocycles. The minimum absolute atomic E-state index is 0.0876. The molecule has 4 aliphatic rings. The van der Waals surface area contributed by atoms with Crippen molar-refractivity contribution < 1.29 is 47.7 Å². The Hall–Kier alpha value is -3.01. The number of hydrogen-bond acceptors (Lipinski definition) is 10. The first kappa shape index (κ1) is 25.6. The summed E-state index contributed by atoms with van der Waals surface area (Å²) in [5.74, 6) is -5.41. The molecule has 1 N–H and O–H groups in total. The summed E-state index contributed by atoms with van der Waals surface area (Å²) in [7, 11) is 1.04. The summed E-state index contributed by atoms with van der Waals surface area (Å²) in [6.45, 7) is 8.13. The summed E-state index contributed by atoms with van der Waals surface area (Å²) in [5, 5.41) is 12.2. The molecule has 10 nitrogen and oxygen atoms in total. The van der Waals surface area contributed by atoms with Gasteiger partial charge in [-0.2, -0.15) is 0 Å². The van der Waals surface area contributed by atoms with E-state index in [9.17, 15) is 29.1 Å². The number of hydrogen-bond donors (Lipinski definition) is 1. The quantitative estimate of drug-likeness (QED) is 0.275. The molecule has 5 rings (SSSR count). The lowest BCUT2D eigenvalue weighted by Crippen LogP contribution is -2.67. The van der Waals surface area contributed by atoms with Crippen LogP contribution in [0.4, 0.5) is 0 Å². The summed E-state index contributed by atoms with van der Waals surface area (Å²) >= 11 is 0. The van der Waals surface area contributed by atoms with Gasteiger partial charge in [0.25, 0.3) is 0 Å². The Balaban J connectivity index is 1.78. The predicted octanol–water partition coefficient (Wildman–Crippen LogP) is 2.41. The first-order valence-corrected chi connectivity index (χ1v) is 12.4. The third-order valence-electron chi connectivity index (χ3n) is 10.5. The van der Waals surface area contributed by atoms with Crippen LogP contribution in [0.25, 0.3) is 0 Å². The first-order chi connectivity index (χ1) is 17.1. The lowest BCUT2D eigenvalue weighted by molar-refractivity contribution is -0.217. The normalized spacial score (nSPS) is 44.1. The number of carbonyl (C=O) groups is 5. The number of aliphatic hydroxyl groups is 1. The largest absolute Gasteiger partial charge is 0.472 e. The van der Waals surface area contributed by atoms with Crippen LogP contribution in [0, 0.1) is 28.1 Å². The molecule has 1 aromatic heterocycles. The second-order valence-electron chi connectivity index (χ2n) is 12.0. The minimum atomic E-state index is -2.88. The zero-order valence-electron chi connectivity index (χ0n) is 21.8. The maximum atomic E-state index is 14.8. The van der Waals surface area contributed by atoms with E-state index in [2.05, 4.69) is 0 Å². The Bertz CT molecular complexity index is 1230. The molecule has 0 amide bonds. The van der Waals surface area contributed by atoms with Gasteiger partial charge in [-0.25, -0.2) is 4.79 Å². The number of esters is 3. The van der Waals surface area contributed by atoms with Crippen molar-refractivity contribution in [2.75, 3.05) is 7.11 Å². The van der Waals surface area contributed by atoms with E-state index in [1.165, 1.54) is 25.5 Å². The molecule has 0 aromatic carbocycles. The minimum Gasteiger partial charge on any atom is -0.472 e. The lowest BCUT2D eigenvalue weighted by Gasteiger charge is -2.54. The number of methoxy groups -OCH3 is 1. The highest BCUT2D eigenvalue weighted by Crippen LogP contribution is 2.77. The Kier molecular flexibility index (Phi) is 5.06. The van der Waals surface area contributed by atoms with Crippen LogP contribution in [0.15, 0.2) is 23.0 Å². The molecule has 4 fully saturated rings. The summed E-state index contributed by atoms with van der Waals surface area (Å²) < 4.78 is 21.8. The standard InChI is InChI=1S/C27H32O10/c1-22(2)26-12-18(29)37-25(26,5)15-7-9-23(3,19(30)14-8-10-35-13-14)27(33,21(32)34-6)20(31)24(15,4)16(26)11-17(28)36-22/h8,10,13,15-16,33H,7,9,11-12H2,1-6H3/t15-,16-,23-,24+,25-,26+,27-/m0/s1. The number of fused-ring (bicyclic) bond motifs is 3. The van der Waals surface area contributed by atoms with E-state index in [1.807, 2.05) is 0 Å². The fourth-order valence-electron chi connectivity index (χ4n) is 8.75. The van der Waals surface area contributed by atoms with Gasteiger partial charge in [0.2, 0.25) is 5.60 Å². The van der Waals surface area contributed by atoms with Crippen LogP contribution in [0.3, 0.4) is 0 Å². The van der Waals surface area contributed by atoms with E-state index < -0.39 is 74.4 Å². The molecule has 2 saturated heterocycles. The van der Waals surface area contributed by atoms with E-state index in [0.29, 0.717) is 0 Å². The molecular weight excluding hydrogens is 484 g/mol. The smallest absolute Gasteiger partial charge is 0.346 e. The Morgan fingerprint density at radius 2 is 1.70 bits per heavy atom. The second kappa shape index (κ2) is 7.30. The van der Waals surface area contributed by atoms with Crippen molar-refractivity contribution in [3.8, 4) is 0 Å². The third-order valence-corrected chi connectivity index (χ3v) is 10.5. The number of rotatable bonds is 3. The lowest BCUT2D eigenvalue weighted by atomic mass is 9.53. The molecule has 0 radical (unpaired) electrons. The van der Waals surface area contributed by atoms with Gasteiger partial charge in [0.15, 0.2) is 11.6 Å². The molecule has 0 bridgehead atoms. The Labute approximate surface area is 214 Å². The van der Waals surface area contributed by atoms with E-state index >= 15 is 0 Å². The van der Waals surface area contributed by atoms with Gasteiger partial charge in [0, 0.05) is 11.3 Å².